The Bertz CT molecular complexity index is 501. The van der Waals surface area contributed by atoms with Gasteiger partial charge in [-0.25, -0.2) is 0 Å². The summed E-state index contributed by atoms with van der Waals surface area (Å²) in [5.41, 5.74) is 0.664. The first-order valence-electron chi connectivity index (χ1n) is 5.59. The van der Waals surface area contributed by atoms with E-state index in [4.69, 9.17) is 23.2 Å². The summed E-state index contributed by atoms with van der Waals surface area (Å²) in [4.78, 5) is 22.4. The van der Waals surface area contributed by atoms with Crippen LogP contribution in [0.15, 0.2) is 24.3 Å². The van der Waals surface area contributed by atoms with Gasteiger partial charge < -0.3 is 10.1 Å². The Labute approximate surface area is 121 Å². The number of rotatable bonds is 5. The molecule has 0 radical (unpaired) electrons. The first-order chi connectivity index (χ1) is 9.02. The standard InChI is InChI=1S/C13H13Cl2NO3/c1-2-19-13(18)8-16-12(17)6-4-9-3-5-10(14)7-11(9)15/h3-7H,2,8H2,1H3,(H,16,17). The number of ether oxygens (including phenoxy) is 1. The number of carbonyl (C=O) groups excluding carboxylic acids is 2. The highest BCUT2D eigenvalue weighted by atomic mass is 35.5. The molecule has 102 valence electrons. The zero-order valence-corrected chi connectivity index (χ0v) is 11.8. The molecule has 0 saturated heterocycles. The van der Waals surface area contributed by atoms with Gasteiger partial charge in [-0.2, -0.15) is 0 Å². The lowest BCUT2D eigenvalue weighted by atomic mass is 10.2. The fourth-order valence-corrected chi connectivity index (χ4v) is 1.70. The smallest absolute Gasteiger partial charge is 0.325 e. The van der Waals surface area contributed by atoms with Gasteiger partial charge in [0.05, 0.1) is 6.61 Å². The average molecular weight is 302 g/mol. The molecule has 1 rings (SSSR count). The van der Waals surface area contributed by atoms with Crippen molar-refractivity contribution in [3.63, 3.8) is 0 Å². The van der Waals surface area contributed by atoms with E-state index < -0.39 is 11.9 Å². The Balaban J connectivity index is 2.52. The van der Waals surface area contributed by atoms with E-state index in [9.17, 15) is 9.59 Å². The van der Waals surface area contributed by atoms with E-state index in [0.717, 1.165) is 0 Å². The minimum absolute atomic E-state index is 0.161. The largest absolute Gasteiger partial charge is 0.465 e. The van der Waals surface area contributed by atoms with E-state index in [2.05, 4.69) is 10.1 Å². The monoisotopic (exact) mass is 301 g/mol. The molecule has 4 nitrogen and oxygen atoms in total. The first-order valence-corrected chi connectivity index (χ1v) is 6.35. The van der Waals surface area contributed by atoms with E-state index in [0.29, 0.717) is 15.6 Å². The summed E-state index contributed by atoms with van der Waals surface area (Å²) >= 11 is 11.7. The van der Waals surface area contributed by atoms with Crippen LogP contribution >= 0.6 is 23.2 Å². The fraction of sp³-hybridized carbons (Fsp3) is 0.231. The highest BCUT2D eigenvalue weighted by Crippen LogP contribution is 2.21. The Hall–Kier alpha value is -1.52. The SMILES string of the molecule is CCOC(=O)CNC(=O)C=Cc1ccc(Cl)cc1Cl. The molecule has 0 unspecified atom stereocenters. The van der Waals surface area contributed by atoms with Crippen LogP contribution in [-0.4, -0.2) is 25.0 Å². The molecule has 0 fully saturated rings. The zero-order valence-electron chi connectivity index (χ0n) is 10.3. The predicted octanol–water partition coefficient (Wildman–Crippen LogP) is 2.69. The Morgan fingerprint density at radius 3 is 2.74 bits per heavy atom. The molecule has 0 aromatic heterocycles. The summed E-state index contributed by atoms with van der Waals surface area (Å²) in [5.74, 6) is -0.882. The van der Waals surface area contributed by atoms with Crippen LogP contribution in [0, 0.1) is 0 Å². The summed E-state index contributed by atoms with van der Waals surface area (Å²) in [6.07, 6.45) is 2.83. The molecule has 0 saturated carbocycles. The molecule has 0 spiro atoms. The second kappa shape index (κ2) is 7.81. The van der Waals surface area contributed by atoms with Crippen molar-refractivity contribution in [3.05, 3.63) is 39.9 Å². The number of halogens is 2. The van der Waals surface area contributed by atoms with Crippen molar-refractivity contribution in [2.24, 2.45) is 0 Å². The van der Waals surface area contributed by atoms with E-state index >= 15 is 0 Å². The molecule has 0 heterocycles. The molecule has 1 N–H and O–H groups in total. The maximum atomic E-state index is 11.4. The molecule has 6 heteroatoms. The number of carbonyl (C=O) groups is 2. The van der Waals surface area contributed by atoms with Crippen molar-refractivity contribution in [1.29, 1.82) is 0 Å². The average Bonchev–Trinajstić information content (AvgIpc) is 2.35. The van der Waals surface area contributed by atoms with Gasteiger partial charge in [-0.15, -0.1) is 0 Å². The van der Waals surface area contributed by atoms with Gasteiger partial charge in [0.2, 0.25) is 5.91 Å². The van der Waals surface area contributed by atoms with Gasteiger partial charge in [-0.1, -0.05) is 29.3 Å². The molecule has 1 aromatic rings. The van der Waals surface area contributed by atoms with Gasteiger partial charge in [0.1, 0.15) is 6.54 Å². The normalized spacial score (nSPS) is 10.5. The minimum atomic E-state index is -0.478. The quantitative estimate of drug-likeness (QED) is 0.672. The lowest BCUT2D eigenvalue weighted by Gasteiger charge is -2.02. The van der Waals surface area contributed by atoms with Crippen molar-refractivity contribution < 1.29 is 14.3 Å². The highest BCUT2D eigenvalue weighted by Gasteiger charge is 2.03. The van der Waals surface area contributed by atoms with Crippen LogP contribution in [0.25, 0.3) is 6.08 Å². The number of nitrogens with one attached hydrogen (secondary N) is 1. The third kappa shape index (κ3) is 5.77. The third-order valence-electron chi connectivity index (χ3n) is 2.09. The summed E-state index contributed by atoms with van der Waals surface area (Å²) in [5, 5.41) is 3.37. The molecular weight excluding hydrogens is 289 g/mol. The second-order valence-corrected chi connectivity index (χ2v) is 4.37. The van der Waals surface area contributed by atoms with Gasteiger partial charge in [0, 0.05) is 16.1 Å². The van der Waals surface area contributed by atoms with Crippen molar-refractivity contribution in [1.82, 2.24) is 5.32 Å². The minimum Gasteiger partial charge on any atom is -0.465 e. The van der Waals surface area contributed by atoms with Crippen molar-refractivity contribution >= 4 is 41.2 Å². The van der Waals surface area contributed by atoms with Crippen LogP contribution in [0.4, 0.5) is 0 Å². The lowest BCUT2D eigenvalue weighted by molar-refractivity contribution is -0.143. The predicted molar refractivity (Wildman–Crippen MR) is 75.1 cm³/mol. The van der Waals surface area contributed by atoms with Gasteiger partial charge >= 0.3 is 5.97 Å². The molecule has 1 aromatic carbocycles. The van der Waals surface area contributed by atoms with Gasteiger partial charge in [0.15, 0.2) is 0 Å². The number of benzene rings is 1. The van der Waals surface area contributed by atoms with Crippen LogP contribution in [0.1, 0.15) is 12.5 Å². The molecular formula is C13H13Cl2NO3. The topological polar surface area (TPSA) is 55.4 Å². The van der Waals surface area contributed by atoms with E-state index in [1.165, 1.54) is 6.08 Å². The van der Waals surface area contributed by atoms with E-state index in [1.807, 2.05) is 0 Å². The fourth-order valence-electron chi connectivity index (χ4n) is 1.23. The Kier molecular flexibility index (Phi) is 6.39. The number of hydrogen-bond donors (Lipinski definition) is 1. The van der Waals surface area contributed by atoms with E-state index in [-0.39, 0.29) is 13.2 Å². The van der Waals surface area contributed by atoms with Crippen LogP contribution in [0.3, 0.4) is 0 Å². The summed E-state index contributed by atoms with van der Waals surface area (Å²) in [6.45, 7) is 1.82. The third-order valence-corrected chi connectivity index (χ3v) is 2.65. The number of amides is 1. The molecule has 1 amide bonds. The Morgan fingerprint density at radius 2 is 2.11 bits per heavy atom. The first kappa shape index (κ1) is 15.5. The Morgan fingerprint density at radius 1 is 1.37 bits per heavy atom. The van der Waals surface area contributed by atoms with Crippen LogP contribution in [0.5, 0.6) is 0 Å². The lowest BCUT2D eigenvalue weighted by Crippen LogP contribution is -2.29. The zero-order chi connectivity index (χ0) is 14.3. The number of hydrogen-bond acceptors (Lipinski definition) is 3. The van der Waals surface area contributed by atoms with Crippen LogP contribution < -0.4 is 5.32 Å². The molecule has 0 atom stereocenters. The van der Waals surface area contributed by atoms with Crippen molar-refractivity contribution in [2.45, 2.75) is 6.92 Å². The number of esters is 1. The molecule has 0 aliphatic carbocycles. The highest BCUT2D eigenvalue weighted by molar-refractivity contribution is 6.35. The van der Waals surface area contributed by atoms with Crippen molar-refractivity contribution in [2.75, 3.05) is 13.2 Å². The maximum absolute atomic E-state index is 11.4. The van der Waals surface area contributed by atoms with Gasteiger partial charge in [-0.05, 0) is 30.7 Å². The van der Waals surface area contributed by atoms with Crippen molar-refractivity contribution in [3.8, 4) is 0 Å². The summed E-state index contributed by atoms with van der Waals surface area (Å²) in [6, 6.07) is 4.95. The van der Waals surface area contributed by atoms with Gasteiger partial charge in [-0.3, -0.25) is 9.59 Å². The summed E-state index contributed by atoms with van der Waals surface area (Å²) < 4.78 is 4.67. The van der Waals surface area contributed by atoms with E-state index in [1.54, 1.807) is 31.2 Å². The van der Waals surface area contributed by atoms with Gasteiger partial charge in [0.25, 0.3) is 0 Å². The summed E-state index contributed by atoms with van der Waals surface area (Å²) in [7, 11) is 0. The molecule has 0 aliphatic heterocycles. The maximum Gasteiger partial charge on any atom is 0.325 e. The molecule has 0 aliphatic rings. The van der Waals surface area contributed by atoms with Crippen LogP contribution in [-0.2, 0) is 14.3 Å². The molecule has 0 bridgehead atoms. The van der Waals surface area contributed by atoms with Crippen LogP contribution in [0.2, 0.25) is 10.0 Å². The second-order valence-electron chi connectivity index (χ2n) is 3.52. The molecule has 19 heavy (non-hydrogen) atoms.